The molecule has 0 aliphatic heterocycles. The summed E-state index contributed by atoms with van der Waals surface area (Å²) in [6.07, 6.45) is 3.41. The predicted molar refractivity (Wildman–Crippen MR) is 69.7 cm³/mol. The van der Waals surface area contributed by atoms with Crippen molar-refractivity contribution in [3.63, 3.8) is 0 Å². The van der Waals surface area contributed by atoms with Crippen molar-refractivity contribution >= 4 is 22.9 Å². The van der Waals surface area contributed by atoms with E-state index >= 15 is 0 Å². The van der Waals surface area contributed by atoms with Crippen LogP contribution in [-0.4, -0.2) is 30.2 Å². The molecular formula is C11H17N3OS. The third kappa shape index (κ3) is 3.75. The molecule has 0 aromatic carbocycles. The van der Waals surface area contributed by atoms with E-state index in [4.69, 9.17) is 22.7 Å². The molecule has 0 bridgehead atoms. The van der Waals surface area contributed by atoms with Crippen LogP contribution in [0.25, 0.3) is 0 Å². The van der Waals surface area contributed by atoms with Gasteiger partial charge in [0, 0.05) is 25.4 Å². The summed E-state index contributed by atoms with van der Waals surface area (Å²) in [6, 6.07) is 1.81. The van der Waals surface area contributed by atoms with Gasteiger partial charge in [0.1, 0.15) is 4.99 Å². The van der Waals surface area contributed by atoms with Crippen molar-refractivity contribution in [2.45, 2.75) is 6.92 Å². The van der Waals surface area contributed by atoms with Gasteiger partial charge in [0.25, 0.3) is 0 Å². The van der Waals surface area contributed by atoms with Crippen LogP contribution in [0.5, 0.6) is 0 Å². The Bertz CT molecular complexity index is 357. The second-order valence-electron chi connectivity index (χ2n) is 3.73. The first kappa shape index (κ1) is 12.9. The van der Waals surface area contributed by atoms with E-state index in [-0.39, 0.29) is 0 Å². The van der Waals surface area contributed by atoms with Gasteiger partial charge >= 0.3 is 0 Å². The molecule has 0 radical (unpaired) electrons. The maximum atomic E-state index is 5.62. The Labute approximate surface area is 101 Å². The minimum Gasteiger partial charge on any atom is -0.389 e. The monoisotopic (exact) mass is 239 g/mol. The highest BCUT2D eigenvalue weighted by Gasteiger charge is 2.06. The van der Waals surface area contributed by atoms with Gasteiger partial charge in [-0.15, -0.1) is 0 Å². The zero-order chi connectivity index (χ0) is 12.0. The van der Waals surface area contributed by atoms with Crippen molar-refractivity contribution in [2.24, 2.45) is 11.7 Å². The lowest BCUT2D eigenvalue weighted by atomic mass is 10.1. The lowest BCUT2D eigenvalue weighted by Crippen LogP contribution is -2.19. The number of nitrogens with one attached hydrogen (secondary N) is 1. The Balaban J connectivity index is 2.63. The van der Waals surface area contributed by atoms with Crippen molar-refractivity contribution in [3.05, 3.63) is 24.0 Å². The quantitative estimate of drug-likeness (QED) is 0.735. The van der Waals surface area contributed by atoms with Crippen LogP contribution in [0.15, 0.2) is 18.5 Å². The van der Waals surface area contributed by atoms with Gasteiger partial charge in [0.2, 0.25) is 0 Å². The van der Waals surface area contributed by atoms with Gasteiger partial charge in [0.05, 0.1) is 18.5 Å². The van der Waals surface area contributed by atoms with Crippen LogP contribution in [-0.2, 0) is 4.74 Å². The number of thiocarbonyl (C=S) groups is 1. The van der Waals surface area contributed by atoms with E-state index in [0.29, 0.717) is 10.9 Å². The van der Waals surface area contributed by atoms with Crippen molar-refractivity contribution in [3.8, 4) is 0 Å². The summed E-state index contributed by atoms with van der Waals surface area (Å²) in [5.41, 5.74) is 7.32. The van der Waals surface area contributed by atoms with Gasteiger partial charge < -0.3 is 15.8 Å². The molecule has 0 aliphatic rings. The second kappa shape index (κ2) is 6.40. The summed E-state index contributed by atoms with van der Waals surface area (Å²) in [5, 5.41) is 3.27. The zero-order valence-corrected chi connectivity index (χ0v) is 10.4. The number of methoxy groups -OCH3 is 1. The zero-order valence-electron chi connectivity index (χ0n) is 9.56. The molecule has 0 amide bonds. The number of hydrogen-bond donors (Lipinski definition) is 2. The van der Waals surface area contributed by atoms with Crippen LogP contribution >= 0.6 is 12.2 Å². The van der Waals surface area contributed by atoms with Gasteiger partial charge in [-0.1, -0.05) is 19.1 Å². The number of nitrogens with zero attached hydrogens (tertiary/aromatic N) is 1. The average molecular weight is 239 g/mol. The normalized spacial score (nSPS) is 12.1. The van der Waals surface area contributed by atoms with Crippen molar-refractivity contribution < 1.29 is 4.74 Å². The topological polar surface area (TPSA) is 60.2 Å². The fourth-order valence-corrected chi connectivity index (χ4v) is 1.56. The van der Waals surface area contributed by atoms with Crippen molar-refractivity contribution in [1.29, 1.82) is 0 Å². The number of anilines is 1. The maximum Gasteiger partial charge on any atom is 0.106 e. The van der Waals surface area contributed by atoms with Crippen molar-refractivity contribution in [2.75, 3.05) is 25.6 Å². The molecule has 1 heterocycles. The highest BCUT2D eigenvalue weighted by Crippen LogP contribution is 2.13. The lowest BCUT2D eigenvalue weighted by molar-refractivity contribution is 0.164. The van der Waals surface area contributed by atoms with Gasteiger partial charge in [0.15, 0.2) is 0 Å². The third-order valence-corrected chi connectivity index (χ3v) is 2.40. The van der Waals surface area contributed by atoms with E-state index in [1.807, 2.05) is 6.07 Å². The molecule has 16 heavy (non-hydrogen) atoms. The molecule has 4 nitrogen and oxygen atoms in total. The Morgan fingerprint density at radius 3 is 3.06 bits per heavy atom. The molecule has 5 heteroatoms. The molecule has 0 aliphatic carbocycles. The summed E-state index contributed by atoms with van der Waals surface area (Å²) in [5.74, 6) is 0.421. The molecular weight excluding hydrogens is 222 g/mol. The van der Waals surface area contributed by atoms with Crippen LogP contribution in [0.3, 0.4) is 0 Å². The predicted octanol–water partition coefficient (Wildman–Crippen LogP) is 1.41. The second-order valence-corrected chi connectivity index (χ2v) is 4.17. The van der Waals surface area contributed by atoms with Crippen LogP contribution in [0.2, 0.25) is 0 Å². The maximum absolute atomic E-state index is 5.62. The minimum atomic E-state index is 0.379. The van der Waals surface area contributed by atoms with Crippen molar-refractivity contribution in [1.82, 2.24) is 4.98 Å². The van der Waals surface area contributed by atoms with E-state index in [1.165, 1.54) is 0 Å². The lowest BCUT2D eigenvalue weighted by Gasteiger charge is -2.14. The molecule has 1 unspecified atom stereocenters. The largest absolute Gasteiger partial charge is 0.389 e. The molecule has 1 atom stereocenters. The summed E-state index contributed by atoms with van der Waals surface area (Å²) in [4.78, 5) is 4.42. The fraction of sp³-hybridized carbons (Fsp3) is 0.455. The molecule has 0 spiro atoms. The third-order valence-electron chi connectivity index (χ3n) is 2.18. The number of rotatable bonds is 6. The van der Waals surface area contributed by atoms with E-state index in [0.717, 1.165) is 24.4 Å². The number of ether oxygens (including phenoxy) is 1. The number of nitrogens with two attached hydrogens (primary N) is 1. The molecule has 1 aromatic rings. The highest BCUT2D eigenvalue weighted by atomic mass is 32.1. The summed E-state index contributed by atoms with van der Waals surface area (Å²) in [7, 11) is 1.70. The summed E-state index contributed by atoms with van der Waals surface area (Å²) < 4.78 is 5.06. The Morgan fingerprint density at radius 2 is 2.44 bits per heavy atom. The number of aromatic nitrogens is 1. The van der Waals surface area contributed by atoms with E-state index in [9.17, 15) is 0 Å². The van der Waals surface area contributed by atoms with Crippen LogP contribution in [0.1, 0.15) is 12.5 Å². The number of hydrogen-bond acceptors (Lipinski definition) is 4. The molecule has 0 fully saturated rings. The summed E-state index contributed by atoms with van der Waals surface area (Å²) >= 11 is 4.97. The smallest absolute Gasteiger partial charge is 0.106 e. The molecule has 88 valence electrons. The summed E-state index contributed by atoms with van der Waals surface area (Å²) in [6.45, 7) is 3.62. The molecule has 0 saturated carbocycles. The Morgan fingerprint density at radius 1 is 1.69 bits per heavy atom. The number of pyridine rings is 1. The SMILES string of the molecule is COCC(C)CNc1cnccc1C(N)=S. The molecule has 1 aromatic heterocycles. The first-order valence-corrected chi connectivity index (χ1v) is 5.52. The molecule has 1 rings (SSSR count). The van der Waals surface area contributed by atoms with E-state index in [1.54, 1.807) is 19.5 Å². The standard InChI is InChI=1S/C11H17N3OS/c1-8(7-15-2)5-14-10-6-13-4-3-9(10)11(12)16/h3-4,6,8,14H,5,7H2,1-2H3,(H2,12,16). The van der Waals surface area contributed by atoms with Gasteiger partial charge in [-0.3, -0.25) is 4.98 Å². The van der Waals surface area contributed by atoms with E-state index < -0.39 is 0 Å². The molecule has 3 N–H and O–H groups in total. The Kier molecular flexibility index (Phi) is 5.14. The molecule has 0 saturated heterocycles. The van der Waals surface area contributed by atoms with Gasteiger partial charge in [-0.05, 0) is 12.0 Å². The van der Waals surface area contributed by atoms with Crippen LogP contribution in [0, 0.1) is 5.92 Å². The highest BCUT2D eigenvalue weighted by molar-refractivity contribution is 7.80. The van der Waals surface area contributed by atoms with E-state index in [2.05, 4.69) is 17.2 Å². The van der Waals surface area contributed by atoms with Gasteiger partial charge in [-0.2, -0.15) is 0 Å². The van der Waals surface area contributed by atoms with Crippen LogP contribution in [0.4, 0.5) is 5.69 Å². The first-order chi connectivity index (χ1) is 7.65. The fourth-order valence-electron chi connectivity index (χ4n) is 1.38. The van der Waals surface area contributed by atoms with Crippen LogP contribution < -0.4 is 11.1 Å². The Hall–Kier alpha value is -1.20. The van der Waals surface area contributed by atoms with Gasteiger partial charge in [-0.25, -0.2) is 0 Å². The average Bonchev–Trinajstić information content (AvgIpc) is 2.27. The first-order valence-electron chi connectivity index (χ1n) is 5.11. The minimum absolute atomic E-state index is 0.379.